The number of carbonyl (C=O) groups is 1. The van der Waals surface area contributed by atoms with Crippen molar-refractivity contribution in [2.45, 2.75) is 13.8 Å². The van der Waals surface area contributed by atoms with Crippen LogP contribution in [0.15, 0.2) is 53.6 Å². The number of hydrogen-bond acceptors (Lipinski definition) is 5. The molecule has 4 nitrogen and oxygen atoms in total. The Labute approximate surface area is 138 Å². The highest BCUT2D eigenvalue weighted by Gasteiger charge is 2.21. The summed E-state index contributed by atoms with van der Waals surface area (Å²) in [4.78, 5) is 12.3. The summed E-state index contributed by atoms with van der Waals surface area (Å²) >= 11 is 1.51. The van der Waals surface area contributed by atoms with Crippen LogP contribution in [0.4, 0.5) is 0 Å². The molecule has 0 fully saturated rings. The third-order valence-electron chi connectivity index (χ3n) is 3.54. The van der Waals surface area contributed by atoms with Gasteiger partial charge in [-0.2, -0.15) is 5.10 Å². The van der Waals surface area contributed by atoms with Crippen LogP contribution in [0.25, 0.3) is 10.1 Å². The van der Waals surface area contributed by atoms with E-state index in [9.17, 15) is 4.79 Å². The molecule has 116 valence electrons. The second-order valence-corrected chi connectivity index (χ2v) is 6.19. The number of nitrogens with two attached hydrogens (primary N) is 1. The first-order valence-electron chi connectivity index (χ1n) is 7.16. The molecule has 3 aromatic rings. The number of ether oxygens (including phenoxy) is 1. The van der Waals surface area contributed by atoms with Gasteiger partial charge in [-0.15, -0.1) is 11.3 Å². The molecule has 23 heavy (non-hydrogen) atoms. The van der Waals surface area contributed by atoms with Crippen LogP contribution in [0.2, 0.25) is 0 Å². The molecule has 1 aromatic heterocycles. The lowest BCUT2D eigenvalue weighted by atomic mass is 10.0. The second kappa shape index (κ2) is 6.22. The van der Waals surface area contributed by atoms with E-state index in [0.717, 1.165) is 26.1 Å². The zero-order chi connectivity index (χ0) is 16.4. The average Bonchev–Trinajstić information content (AvgIpc) is 2.88. The number of thiophene rings is 1. The van der Waals surface area contributed by atoms with E-state index in [0.29, 0.717) is 11.5 Å². The van der Waals surface area contributed by atoms with Gasteiger partial charge in [0.1, 0.15) is 5.71 Å². The lowest BCUT2D eigenvalue weighted by Crippen LogP contribution is -2.10. The van der Waals surface area contributed by atoms with Crippen molar-refractivity contribution < 1.29 is 9.53 Å². The van der Waals surface area contributed by atoms with Crippen LogP contribution in [0, 0.1) is 6.92 Å². The van der Waals surface area contributed by atoms with Crippen LogP contribution in [0.5, 0.6) is 5.75 Å². The summed E-state index contributed by atoms with van der Waals surface area (Å²) in [6.45, 7) is 3.39. The molecule has 0 bridgehead atoms. The normalized spacial score (nSPS) is 11.7. The first kappa shape index (κ1) is 15.2. The molecule has 0 aliphatic heterocycles. The Kier molecular flexibility index (Phi) is 4.12. The summed E-state index contributed by atoms with van der Waals surface area (Å²) in [6.07, 6.45) is 0. The van der Waals surface area contributed by atoms with Gasteiger partial charge in [-0.25, -0.2) is 0 Å². The summed E-state index contributed by atoms with van der Waals surface area (Å²) in [5.74, 6) is 5.84. The first-order valence-corrected chi connectivity index (χ1v) is 7.97. The summed E-state index contributed by atoms with van der Waals surface area (Å²) in [5.41, 5.74) is 2.61. The molecule has 0 aliphatic carbocycles. The van der Waals surface area contributed by atoms with Gasteiger partial charge in [0.15, 0.2) is 5.75 Å². The number of hydrazone groups is 1. The first-order chi connectivity index (χ1) is 11.1. The van der Waals surface area contributed by atoms with Crippen LogP contribution in [-0.4, -0.2) is 11.7 Å². The molecule has 0 amide bonds. The minimum atomic E-state index is -0.365. The zero-order valence-corrected chi connectivity index (χ0v) is 13.7. The molecule has 0 spiro atoms. The molecule has 0 radical (unpaired) electrons. The Bertz CT molecular complexity index is 912. The number of benzene rings is 2. The number of esters is 1. The monoisotopic (exact) mass is 324 g/mol. The molecular weight excluding hydrogens is 308 g/mol. The quantitative estimate of drug-likeness (QED) is 0.344. The van der Waals surface area contributed by atoms with Gasteiger partial charge in [-0.05, 0) is 24.6 Å². The summed E-state index contributed by atoms with van der Waals surface area (Å²) in [6, 6.07) is 15.6. The van der Waals surface area contributed by atoms with Crippen LogP contribution >= 0.6 is 11.3 Å². The van der Waals surface area contributed by atoms with E-state index in [1.54, 1.807) is 0 Å². The van der Waals surface area contributed by atoms with Crippen molar-refractivity contribution in [3.8, 4) is 5.75 Å². The van der Waals surface area contributed by atoms with Gasteiger partial charge in [0, 0.05) is 22.6 Å². The van der Waals surface area contributed by atoms with Crippen molar-refractivity contribution >= 4 is 33.1 Å². The van der Waals surface area contributed by atoms with Crippen molar-refractivity contribution in [2.75, 3.05) is 0 Å². The minimum Gasteiger partial charge on any atom is -0.424 e. The second-order valence-electron chi connectivity index (χ2n) is 5.14. The number of rotatable bonds is 3. The summed E-state index contributed by atoms with van der Waals surface area (Å²) in [5, 5.41) is 4.87. The van der Waals surface area contributed by atoms with E-state index in [4.69, 9.17) is 10.6 Å². The molecule has 0 saturated heterocycles. The third kappa shape index (κ3) is 2.83. The van der Waals surface area contributed by atoms with Crippen LogP contribution < -0.4 is 10.6 Å². The van der Waals surface area contributed by atoms with E-state index in [2.05, 4.69) is 5.10 Å². The van der Waals surface area contributed by atoms with Gasteiger partial charge in [0.2, 0.25) is 0 Å². The smallest absolute Gasteiger partial charge is 0.308 e. The molecule has 2 N–H and O–H groups in total. The molecule has 0 atom stereocenters. The van der Waals surface area contributed by atoms with Gasteiger partial charge in [-0.3, -0.25) is 4.79 Å². The van der Waals surface area contributed by atoms with Crippen molar-refractivity contribution in [3.63, 3.8) is 0 Å². The van der Waals surface area contributed by atoms with Gasteiger partial charge in [0.25, 0.3) is 0 Å². The maximum Gasteiger partial charge on any atom is 0.308 e. The van der Waals surface area contributed by atoms with Gasteiger partial charge < -0.3 is 10.6 Å². The Morgan fingerprint density at radius 1 is 1.13 bits per heavy atom. The van der Waals surface area contributed by atoms with E-state index in [1.165, 1.54) is 18.3 Å². The van der Waals surface area contributed by atoms with Gasteiger partial charge >= 0.3 is 5.97 Å². The third-order valence-corrected chi connectivity index (χ3v) is 4.70. The number of nitrogens with zero attached hydrogens (tertiary/aromatic N) is 1. The fourth-order valence-corrected chi connectivity index (χ4v) is 3.65. The molecule has 5 heteroatoms. The molecule has 1 heterocycles. The zero-order valence-electron chi connectivity index (χ0n) is 12.9. The van der Waals surface area contributed by atoms with Crippen molar-refractivity contribution in [2.24, 2.45) is 10.9 Å². The molecule has 2 aromatic carbocycles. The number of aryl methyl sites for hydroxylation is 1. The highest BCUT2D eigenvalue weighted by molar-refractivity contribution is 7.21. The molecule has 3 rings (SSSR count). The van der Waals surface area contributed by atoms with Crippen LogP contribution in [-0.2, 0) is 4.79 Å². The Hall–Kier alpha value is -2.66. The van der Waals surface area contributed by atoms with Gasteiger partial charge in [0.05, 0.1) is 4.88 Å². The Balaban J connectivity index is 2.25. The van der Waals surface area contributed by atoms with Crippen molar-refractivity contribution in [1.82, 2.24) is 0 Å². The maximum absolute atomic E-state index is 11.5. The van der Waals surface area contributed by atoms with Crippen molar-refractivity contribution in [3.05, 3.63) is 64.5 Å². The number of carbonyl (C=O) groups excluding carboxylic acids is 1. The number of hydrogen-bond donors (Lipinski definition) is 1. The lowest BCUT2D eigenvalue weighted by Gasteiger charge is -2.09. The molecular formula is C18H16N2O2S. The highest BCUT2D eigenvalue weighted by atomic mass is 32.1. The standard InChI is InChI=1S/C18H16N2O2S/c1-11-7-3-4-8-13(11)16(20-19)18-17(22-12(2)21)14-9-5-6-10-15(14)23-18/h3-10H,19H2,1-2H3. The van der Waals surface area contributed by atoms with E-state index in [-0.39, 0.29) is 5.97 Å². The van der Waals surface area contributed by atoms with E-state index < -0.39 is 0 Å². The van der Waals surface area contributed by atoms with Crippen LogP contribution in [0.3, 0.4) is 0 Å². The Morgan fingerprint density at radius 3 is 2.52 bits per heavy atom. The topological polar surface area (TPSA) is 64.7 Å². The molecule has 0 unspecified atom stereocenters. The minimum absolute atomic E-state index is 0.365. The van der Waals surface area contributed by atoms with E-state index in [1.807, 2.05) is 55.5 Å². The fourth-order valence-electron chi connectivity index (χ4n) is 2.51. The Morgan fingerprint density at radius 2 is 1.83 bits per heavy atom. The highest BCUT2D eigenvalue weighted by Crippen LogP contribution is 2.39. The molecule has 0 saturated carbocycles. The summed E-state index contributed by atoms with van der Waals surface area (Å²) < 4.78 is 6.50. The predicted octanol–water partition coefficient (Wildman–Crippen LogP) is 3.85. The predicted molar refractivity (Wildman–Crippen MR) is 94.1 cm³/mol. The largest absolute Gasteiger partial charge is 0.424 e. The van der Waals surface area contributed by atoms with Crippen molar-refractivity contribution in [1.29, 1.82) is 0 Å². The lowest BCUT2D eigenvalue weighted by molar-refractivity contribution is -0.131. The van der Waals surface area contributed by atoms with Gasteiger partial charge in [-0.1, -0.05) is 36.4 Å². The number of fused-ring (bicyclic) bond motifs is 1. The maximum atomic E-state index is 11.5. The average molecular weight is 324 g/mol. The fraction of sp³-hybridized carbons (Fsp3) is 0.111. The SMILES string of the molecule is CC(=O)Oc1c(C(=NN)c2ccccc2C)sc2ccccc12. The van der Waals surface area contributed by atoms with E-state index >= 15 is 0 Å². The molecule has 0 aliphatic rings. The van der Waals surface area contributed by atoms with Crippen LogP contribution in [0.1, 0.15) is 22.9 Å². The summed E-state index contributed by atoms with van der Waals surface area (Å²) in [7, 11) is 0.